The summed E-state index contributed by atoms with van der Waals surface area (Å²) >= 11 is 1.34. The van der Waals surface area contributed by atoms with Crippen molar-refractivity contribution >= 4 is 27.6 Å². The molecular weight excluding hydrogens is 499 g/mol. The highest BCUT2D eigenvalue weighted by molar-refractivity contribution is 7.98. The van der Waals surface area contributed by atoms with Crippen LogP contribution >= 0.6 is 11.8 Å². The number of sulfonamides is 1. The number of rotatable bonds is 7. The van der Waals surface area contributed by atoms with Gasteiger partial charge in [0.05, 0.1) is 6.61 Å². The number of ether oxygens (including phenoxy) is 3. The number of benzene rings is 1. The number of alkyl halides is 3. The van der Waals surface area contributed by atoms with E-state index < -0.39 is 33.1 Å². The second kappa shape index (κ2) is 9.56. The molecule has 4 rings (SSSR count). The summed E-state index contributed by atoms with van der Waals surface area (Å²) in [6.45, 7) is 1.63. The highest BCUT2D eigenvalue weighted by Gasteiger charge is 2.37. The summed E-state index contributed by atoms with van der Waals surface area (Å²) in [5, 5.41) is 4.81. The molecule has 1 fully saturated rings. The lowest BCUT2D eigenvalue weighted by Crippen LogP contribution is -2.47. The van der Waals surface area contributed by atoms with Crippen LogP contribution in [0, 0.1) is 6.92 Å². The summed E-state index contributed by atoms with van der Waals surface area (Å²) in [6.07, 6.45) is -3.88. The van der Waals surface area contributed by atoms with Crippen LogP contribution in [0.3, 0.4) is 0 Å². The number of fused-ring (bicyclic) bond motifs is 1. The van der Waals surface area contributed by atoms with Crippen LogP contribution < -0.4 is 9.47 Å². The first kappa shape index (κ1) is 24.5. The van der Waals surface area contributed by atoms with Gasteiger partial charge in [0.2, 0.25) is 21.1 Å². The standard InChI is InChI=1S/C19H20F3N5O5S2/c1-12-9-16(27-17(23-12)24-18(25-27)33-2)31-11-13-10-26(7-8-30-13)34(28,29)15-6-4-3-5-14(15)32-19(20,21)22/h3-6,9,13H,7-8,10-11H2,1-2H3. The lowest BCUT2D eigenvalue weighted by Gasteiger charge is -2.32. The van der Waals surface area contributed by atoms with E-state index in [2.05, 4.69) is 19.8 Å². The molecule has 0 saturated carbocycles. The molecule has 0 amide bonds. The van der Waals surface area contributed by atoms with Gasteiger partial charge in [-0.1, -0.05) is 23.9 Å². The molecular formula is C19H20F3N5O5S2. The zero-order valence-electron chi connectivity index (χ0n) is 18.0. The first-order chi connectivity index (χ1) is 16.1. The summed E-state index contributed by atoms with van der Waals surface area (Å²) in [5.74, 6) is -0.0862. The van der Waals surface area contributed by atoms with Crippen LogP contribution in [-0.2, 0) is 14.8 Å². The molecule has 3 heterocycles. The smallest absolute Gasteiger partial charge is 0.475 e. The Bertz CT molecular complexity index is 1290. The van der Waals surface area contributed by atoms with Gasteiger partial charge in [0, 0.05) is 24.8 Å². The Morgan fingerprint density at radius 2 is 2.03 bits per heavy atom. The summed E-state index contributed by atoms with van der Waals surface area (Å²) in [4.78, 5) is 7.99. The third-order valence-corrected chi connectivity index (χ3v) is 7.22. The summed E-state index contributed by atoms with van der Waals surface area (Å²) in [7, 11) is -4.29. The zero-order valence-corrected chi connectivity index (χ0v) is 19.7. The van der Waals surface area contributed by atoms with Crippen LogP contribution in [0.25, 0.3) is 5.78 Å². The van der Waals surface area contributed by atoms with E-state index in [0.717, 1.165) is 16.4 Å². The fourth-order valence-electron chi connectivity index (χ4n) is 3.33. The van der Waals surface area contributed by atoms with Gasteiger partial charge >= 0.3 is 6.36 Å². The van der Waals surface area contributed by atoms with Crippen molar-refractivity contribution in [3.05, 3.63) is 36.0 Å². The van der Waals surface area contributed by atoms with E-state index in [1.54, 1.807) is 13.0 Å². The molecule has 1 atom stereocenters. The molecule has 184 valence electrons. The molecule has 10 nitrogen and oxygen atoms in total. The largest absolute Gasteiger partial charge is 0.573 e. The molecule has 0 radical (unpaired) electrons. The van der Waals surface area contributed by atoms with Crippen LogP contribution in [0.15, 0.2) is 40.4 Å². The maximum Gasteiger partial charge on any atom is 0.573 e. The molecule has 15 heteroatoms. The lowest BCUT2D eigenvalue weighted by atomic mass is 10.3. The molecule has 0 bridgehead atoms. The quantitative estimate of drug-likeness (QED) is 0.435. The number of thioether (sulfide) groups is 1. The van der Waals surface area contributed by atoms with E-state index in [1.165, 1.54) is 28.4 Å². The third kappa shape index (κ3) is 5.37. The Hall–Kier alpha value is -2.62. The van der Waals surface area contributed by atoms with Gasteiger partial charge in [-0.3, -0.25) is 0 Å². The van der Waals surface area contributed by atoms with Crippen molar-refractivity contribution in [1.29, 1.82) is 0 Å². The van der Waals surface area contributed by atoms with Crippen molar-refractivity contribution in [2.45, 2.75) is 29.4 Å². The molecule has 1 aliphatic heterocycles. The van der Waals surface area contributed by atoms with Crippen molar-refractivity contribution < 1.29 is 35.8 Å². The Kier molecular flexibility index (Phi) is 6.89. The van der Waals surface area contributed by atoms with E-state index in [1.807, 2.05) is 6.26 Å². The van der Waals surface area contributed by atoms with Gasteiger partial charge in [-0.05, 0) is 25.3 Å². The second-order valence-electron chi connectivity index (χ2n) is 7.21. The first-order valence-corrected chi connectivity index (χ1v) is 12.6. The number of nitrogens with zero attached hydrogens (tertiary/aromatic N) is 5. The maximum absolute atomic E-state index is 13.1. The van der Waals surface area contributed by atoms with Crippen molar-refractivity contribution in [1.82, 2.24) is 23.9 Å². The maximum atomic E-state index is 13.1. The number of morpholine rings is 1. The van der Waals surface area contributed by atoms with E-state index in [9.17, 15) is 21.6 Å². The Labute approximate surface area is 197 Å². The van der Waals surface area contributed by atoms with Crippen molar-refractivity contribution in [2.75, 3.05) is 32.6 Å². The first-order valence-electron chi connectivity index (χ1n) is 9.94. The van der Waals surface area contributed by atoms with Gasteiger partial charge in [-0.2, -0.15) is 13.8 Å². The van der Waals surface area contributed by atoms with Gasteiger partial charge in [0.15, 0.2) is 0 Å². The van der Waals surface area contributed by atoms with Gasteiger partial charge in [0.25, 0.3) is 5.78 Å². The number of halogens is 3. The third-order valence-electron chi connectivity index (χ3n) is 4.78. The molecule has 0 N–H and O–H groups in total. The molecule has 2 aromatic heterocycles. The topological polar surface area (TPSA) is 108 Å². The Balaban J connectivity index is 1.50. The normalized spacial score (nSPS) is 17.7. The van der Waals surface area contributed by atoms with E-state index in [-0.39, 0.29) is 26.3 Å². The molecule has 1 aromatic carbocycles. The average molecular weight is 520 g/mol. The monoisotopic (exact) mass is 519 g/mol. The number of aromatic nitrogens is 4. The number of para-hydroxylation sites is 1. The van der Waals surface area contributed by atoms with Crippen LogP contribution in [0.5, 0.6) is 11.6 Å². The number of hydrogen-bond acceptors (Lipinski definition) is 9. The second-order valence-corrected chi connectivity index (χ2v) is 9.89. The molecule has 0 spiro atoms. The summed E-state index contributed by atoms with van der Waals surface area (Å²) in [6, 6.07) is 6.28. The molecule has 1 saturated heterocycles. The minimum atomic E-state index is -5.03. The predicted octanol–water partition coefficient (Wildman–Crippen LogP) is 2.52. The van der Waals surface area contributed by atoms with Crippen LogP contribution in [0.4, 0.5) is 13.2 Å². The lowest BCUT2D eigenvalue weighted by molar-refractivity contribution is -0.275. The minimum absolute atomic E-state index is 0.0280. The highest BCUT2D eigenvalue weighted by atomic mass is 32.2. The molecule has 1 unspecified atom stereocenters. The Morgan fingerprint density at radius 1 is 1.26 bits per heavy atom. The van der Waals surface area contributed by atoms with Gasteiger partial charge in [-0.15, -0.1) is 18.3 Å². The van der Waals surface area contributed by atoms with Gasteiger partial charge < -0.3 is 14.2 Å². The van der Waals surface area contributed by atoms with Crippen LogP contribution in [0.1, 0.15) is 5.69 Å². The number of hydrogen-bond donors (Lipinski definition) is 0. The van der Waals surface area contributed by atoms with E-state index in [4.69, 9.17) is 9.47 Å². The summed E-state index contributed by atoms with van der Waals surface area (Å²) < 4.78 is 82.4. The van der Waals surface area contributed by atoms with Crippen molar-refractivity contribution in [3.63, 3.8) is 0 Å². The molecule has 34 heavy (non-hydrogen) atoms. The average Bonchev–Trinajstić information content (AvgIpc) is 3.20. The number of aryl methyl sites for hydroxylation is 1. The molecule has 3 aromatic rings. The van der Waals surface area contributed by atoms with Gasteiger partial charge in [0.1, 0.15) is 23.4 Å². The fraction of sp³-hybridized carbons (Fsp3) is 0.421. The molecule has 0 aliphatic carbocycles. The van der Waals surface area contributed by atoms with Crippen LogP contribution in [0.2, 0.25) is 0 Å². The Morgan fingerprint density at radius 3 is 2.76 bits per heavy atom. The van der Waals surface area contributed by atoms with Crippen LogP contribution in [-0.4, -0.2) is 77.3 Å². The summed E-state index contributed by atoms with van der Waals surface area (Å²) in [5.41, 5.74) is 0.651. The van der Waals surface area contributed by atoms with Crippen molar-refractivity contribution in [2.24, 2.45) is 0 Å². The van der Waals surface area contributed by atoms with Gasteiger partial charge in [-0.25, -0.2) is 13.4 Å². The van der Waals surface area contributed by atoms with E-state index >= 15 is 0 Å². The van der Waals surface area contributed by atoms with Crippen molar-refractivity contribution in [3.8, 4) is 11.6 Å². The molecule has 1 aliphatic rings. The SMILES string of the molecule is CSc1nc2nc(C)cc(OCC3CN(S(=O)(=O)c4ccccc4OC(F)(F)F)CCO3)n2n1. The van der Waals surface area contributed by atoms with E-state index in [0.29, 0.717) is 22.5 Å². The highest BCUT2D eigenvalue weighted by Crippen LogP contribution is 2.32. The zero-order chi connectivity index (χ0) is 24.5. The predicted molar refractivity (Wildman–Crippen MR) is 114 cm³/mol. The minimum Gasteiger partial charge on any atom is -0.475 e. The fourth-order valence-corrected chi connectivity index (χ4v) is 5.23.